The minimum Gasteiger partial charge on any atom is -0.346 e. The van der Waals surface area contributed by atoms with Crippen molar-refractivity contribution in [1.29, 1.82) is 0 Å². The minimum absolute atomic E-state index is 0.0156. The molecule has 0 radical (unpaired) electrons. The van der Waals surface area contributed by atoms with E-state index >= 15 is 0 Å². The third-order valence-corrected chi connectivity index (χ3v) is 4.24. The molecule has 3 rings (SSSR count). The van der Waals surface area contributed by atoms with Gasteiger partial charge in [-0.15, -0.1) is 0 Å². The first-order valence-corrected chi connectivity index (χ1v) is 7.71. The molecular weight excluding hydrogens is 296 g/mol. The molecule has 1 aromatic rings. The van der Waals surface area contributed by atoms with E-state index in [4.69, 9.17) is 0 Å². The first kappa shape index (κ1) is 15.5. The third kappa shape index (κ3) is 3.34. The Morgan fingerprint density at radius 3 is 2.87 bits per heavy atom. The summed E-state index contributed by atoms with van der Waals surface area (Å²) < 4.78 is 0. The van der Waals surface area contributed by atoms with E-state index in [-0.39, 0.29) is 11.9 Å². The number of para-hydroxylation sites is 1. The van der Waals surface area contributed by atoms with Crippen molar-refractivity contribution < 1.29 is 14.4 Å². The lowest BCUT2D eigenvalue weighted by Crippen LogP contribution is -2.65. The van der Waals surface area contributed by atoms with Crippen molar-refractivity contribution in [3.05, 3.63) is 29.8 Å². The van der Waals surface area contributed by atoms with Gasteiger partial charge in [0.15, 0.2) is 0 Å². The summed E-state index contributed by atoms with van der Waals surface area (Å²) in [7, 11) is 0. The molecule has 1 atom stereocenters. The van der Waals surface area contributed by atoms with Crippen LogP contribution in [-0.2, 0) is 20.9 Å². The molecule has 2 N–H and O–H groups in total. The van der Waals surface area contributed by atoms with Gasteiger partial charge in [0.25, 0.3) is 0 Å². The van der Waals surface area contributed by atoms with Gasteiger partial charge in [0.2, 0.25) is 5.91 Å². The molecule has 2 aliphatic heterocycles. The average molecular weight is 316 g/mol. The van der Waals surface area contributed by atoms with Crippen LogP contribution in [0, 0.1) is 0 Å². The smallest absolute Gasteiger partial charge is 0.312 e. The zero-order valence-electron chi connectivity index (χ0n) is 13.0. The van der Waals surface area contributed by atoms with Gasteiger partial charge in [-0.25, -0.2) is 0 Å². The van der Waals surface area contributed by atoms with Crippen LogP contribution in [0.3, 0.4) is 0 Å². The van der Waals surface area contributed by atoms with E-state index in [2.05, 4.69) is 15.5 Å². The third-order valence-electron chi connectivity index (χ3n) is 4.24. The standard InChI is InChI=1S/C16H20N4O3/c1-11(21)18-14-5-3-2-4-12(14)9-19-6-7-20-13(10-19)8-17-15(22)16(20)23/h2-5,13H,6-10H2,1H3,(H,17,22)(H,18,21)/t13-/m0/s1. The SMILES string of the molecule is CC(=O)Nc1ccccc1CN1CCN2C(=O)C(=O)NC[C@H]2C1. The summed E-state index contributed by atoms with van der Waals surface area (Å²) >= 11 is 0. The molecule has 0 aliphatic carbocycles. The largest absolute Gasteiger partial charge is 0.346 e. The van der Waals surface area contributed by atoms with E-state index in [0.717, 1.165) is 11.3 Å². The van der Waals surface area contributed by atoms with Crippen LogP contribution in [0.2, 0.25) is 0 Å². The summed E-state index contributed by atoms with van der Waals surface area (Å²) in [5.74, 6) is -1.03. The molecule has 0 aromatic heterocycles. The van der Waals surface area contributed by atoms with Crippen molar-refractivity contribution in [3.63, 3.8) is 0 Å². The Hall–Kier alpha value is -2.41. The minimum atomic E-state index is -0.509. The quantitative estimate of drug-likeness (QED) is 0.756. The summed E-state index contributed by atoms with van der Waals surface area (Å²) in [5, 5.41) is 5.48. The fourth-order valence-electron chi connectivity index (χ4n) is 3.13. The van der Waals surface area contributed by atoms with Gasteiger partial charge in [-0.05, 0) is 11.6 Å². The second kappa shape index (κ2) is 6.37. The Morgan fingerprint density at radius 1 is 1.30 bits per heavy atom. The normalized spacial score (nSPS) is 21.6. The van der Waals surface area contributed by atoms with E-state index in [0.29, 0.717) is 32.7 Å². The lowest BCUT2D eigenvalue weighted by molar-refractivity contribution is -0.152. The highest BCUT2D eigenvalue weighted by Crippen LogP contribution is 2.20. The number of anilines is 1. The first-order valence-electron chi connectivity index (χ1n) is 7.71. The second-order valence-electron chi connectivity index (χ2n) is 5.94. The van der Waals surface area contributed by atoms with Crippen molar-refractivity contribution in [2.75, 3.05) is 31.5 Å². The fourth-order valence-corrected chi connectivity index (χ4v) is 3.13. The Morgan fingerprint density at radius 2 is 2.09 bits per heavy atom. The molecule has 23 heavy (non-hydrogen) atoms. The molecule has 0 unspecified atom stereocenters. The molecule has 0 saturated carbocycles. The molecule has 0 spiro atoms. The number of hydrogen-bond donors (Lipinski definition) is 2. The molecule has 0 bridgehead atoms. The molecule has 2 aliphatic rings. The van der Waals surface area contributed by atoms with Crippen molar-refractivity contribution >= 4 is 23.4 Å². The number of nitrogens with zero attached hydrogens (tertiary/aromatic N) is 2. The maximum atomic E-state index is 11.8. The summed E-state index contributed by atoms with van der Waals surface area (Å²) in [6, 6.07) is 7.73. The summed E-state index contributed by atoms with van der Waals surface area (Å²) in [5.41, 5.74) is 1.86. The molecule has 2 fully saturated rings. The second-order valence-corrected chi connectivity index (χ2v) is 5.94. The van der Waals surface area contributed by atoms with Gasteiger partial charge >= 0.3 is 11.8 Å². The number of benzene rings is 1. The number of nitrogens with one attached hydrogen (secondary N) is 2. The van der Waals surface area contributed by atoms with Gasteiger partial charge in [0, 0.05) is 45.3 Å². The predicted octanol–water partition coefficient (Wildman–Crippen LogP) is -0.212. The molecule has 1 aromatic carbocycles. The molecule has 3 amide bonds. The fraction of sp³-hybridized carbons (Fsp3) is 0.438. The van der Waals surface area contributed by atoms with E-state index in [9.17, 15) is 14.4 Å². The van der Waals surface area contributed by atoms with Gasteiger partial charge in [-0.3, -0.25) is 19.3 Å². The highest BCUT2D eigenvalue weighted by molar-refractivity contribution is 6.35. The Balaban J connectivity index is 1.68. The summed E-state index contributed by atoms with van der Waals surface area (Å²) in [4.78, 5) is 38.5. The first-order chi connectivity index (χ1) is 11.0. The molecule has 7 heteroatoms. The van der Waals surface area contributed by atoms with Crippen LogP contribution in [0.4, 0.5) is 5.69 Å². The number of piperazine rings is 2. The van der Waals surface area contributed by atoms with E-state index in [1.54, 1.807) is 4.90 Å². The van der Waals surface area contributed by atoms with Gasteiger partial charge in [-0.1, -0.05) is 18.2 Å². The molecular formula is C16H20N4O3. The Labute approximate surface area is 134 Å². The Kier molecular flexibility index (Phi) is 4.29. The number of hydrogen-bond acceptors (Lipinski definition) is 4. The van der Waals surface area contributed by atoms with Gasteiger partial charge in [0.1, 0.15) is 0 Å². The Bertz CT molecular complexity index is 646. The highest BCUT2D eigenvalue weighted by Gasteiger charge is 2.37. The highest BCUT2D eigenvalue weighted by atomic mass is 16.2. The van der Waals surface area contributed by atoms with Gasteiger partial charge in [0.05, 0.1) is 6.04 Å². The molecule has 122 valence electrons. The summed E-state index contributed by atoms with van der Waals surface area (Å²) in [6.45, 7) is 4.66. The van der Waals surface area contributed by atoms with Crippen LogP contribution in [0.1, 0.15) is 12.5 Å². The van der Waals surface area contributed by atoms with Crippen molar-refractivity contribution in [3.8, 4) is 0 Å². The number of rotatable bonds is 3. The van der Waals surface area contributed by atoms with Gasteiger partial charge < -0.3 is 15.5 Å². The lowest BCUT2D eigenvalue weighted by Gasteiger charge is -2.43. The zero-order chi connectivity index (χ0) is 16.4. The number of fused-ring (bicyclic) bond motifs is 1. The molecule has 7 nitrogen and oxygen atoms in total. The van der Waals surface area contributed by atoms with Gasteiger partial charge in [-0.2, -0.15) is 0 Å². The molecule has 2 heterocycles. The monoisotopic (exact) mass is 316 g/mol. The van der Waals surface area contributed by atoms with Crippen LogP contribution >= 0.6 is 0 Å². The lowest BCUT2D eigenvalue weighted by atomic mass is 10.1. The van der Waals surface area contributed by atoms with Crippen LogP contribution in [0.25, 0.3) is 0 Å². The topological polar surface area (TPSA) is 81.8 Å². The number of carbonyl (C=O) groups excluding carboxylic acids is 3. The van der Waals surface area contributed by atoms with Crippen molar-refractivity contribution in [1.82, 2.24) is 15.1 Å². The van der Waals surface area contributed by atoms with Crippen molar-refractivity contribution in [2.45, 2.75) is 19.5 Å². The van der Waals surface area contributed by atoms with Crippen molar-refractivity contribution in [2.24, 2.45) is 0 Å². The van der Waals surface area contributed by atoms with Crippen LogP contribution in [-0.4, -0.2) is 59.7 Å². The predicted molar refractivity (Wildman–Crippen MR) is 84.5 cm³/mol. The molecule has 2 saturated heterocycles. The van der Waals surface area contributed by atoms with E-state index < -0.39 is 11.8 Å². The maximum Gasteiger partial charge on any atom is 0.312 e. The van der Waals surface area contributed by atoms with Crippen LogP contribution < -0.4 is 10.6 Å². The van der Waals surface area contributed by atoms with E-state index in [1.807, 2.05) is 24.3 Å². The van der Waals surface area contributed by atoms with Crippen LogP contribution in [0.5, 0.6) is 0 Å². The summed E-state index contributed by atoms with van der Waals surface area (Å²) in [6.07, 6.45) is 0. The average Bonchev–Trinajstić information content (AvgIpc) is 2.52. The van der Waals surface area contributed by atoms with E-state index in [1.165, 1.54) is 6.92 Å². The van der Waals surface area contributed by atoms with Crippen LogP contribution in [0.15, 0.2) is 24.3 Å². The number of carbonyl (C=O) groups is 3. The maximum absolute atomic E-state index is 11.8. The number of amides is 3. The zero-order valence-corrected chi connectivity index (χ0v) is 13.0.